The molecule has 0 fully saturated rings. The highest BCUT2D eigenvalue weighted by atomic mass is 35.5. The Labute approximate surface area is 160 Å². The number of nitrogens with zero attached hydrogens (tertiary/aromatic N) is 1. The van der Waals surface area contributed by atoms with E-state index in [9.17, 15) is 4.79 Å². The lowest BCUT2D eigenvalue weighted by Gasteiger charge is -2.02. The van der Waals surface area contributed by atoms with Crippen LogP contribution < -0.4 is 5.73 Å². The zero-order valence-corrected chi connectivity index (χ0v) is 15.6. The standard InChI is InChI=1S/C21H15ClN2OS/c1-12-2-4-13(5-3-12)17-11-10-16-18(23)20(26-21(16)24-17)19(25)14-6-8-15(22)9-7-14/h2-11H,23H2,1H3. The molecule has 0 atom stereocenters. The molecule has 4 aromatic rings. The molecule has 0 radical (unpaired) electrons. The quantitative estimate of drug-likeness (QED) is 0.462. The maximum atomic E-state index is 12.8. The highest BCUT2D eigenvalue weighted by Gasteiger charge is 2.19. The first-order valence-corrected chi connectivity index (χ1v) is 9.29. The number of pyridine rings is 1. The van der Waals surface area contributed by atoms with Gasteiger partial charge in [-0.3, -0.25) is 4.79 Å². The van der Waals surface area contributed by atoms with Gasteiger partial charge < -0.3 is 5.73 Å². The number of nitrogens with two attached hydrogens (primary N) is 1. The second-order valence-electron chi connectivity index (χ2n) is 6.10. The van der Waals surface area contributed by atoms with Crippen LogP contribution in [0.15, 0.2) is 60.7 Å². The van der Waals surface area contributed by atoms with Gasteiger partial charge in [-0.2, -0.15) is 0 Å². The number of benzene rings is 2. The van der Waals surface area contributed by atoms with Crippen molar-refractivity contribution in [1.29, 1.82) is 0 Å². The van der Waals surface area contributed by atoms with E-state index in [4.69, 9.17) is 22.3 Å². The number of aromatic nitrogens is 1. The molecule has 0 amide bonds. The SMILES string of the molecule is Cc1ccc(-c2ccc3c(N)c(C(=O)c4ccc(Cl)cc4)sc3n2)cc1. The molecule has 4 rings (SSSR count). The van der Waals surface area contributed by atoms with Crippen molar-refractivity contribution in [3.8, 4) is 11.3 Å². The van der Waals surface area contributed by atoms with Crippen molar-refractivity contribution >= 4 is 44.6 Å². The number of nitrogen functional groups attached to an aromatic ring is 1. The molecule has 0 saturated carbocycles. The highest BCUT2D eigenvalue weighted by Crippen LogP contribution is 2.35. The van der Waals surface area contributed by atoms with Crippen LogP contribution in [0, 0.1) is 6.92 Å². The number of rotatable bonds is 3. The van der Waals surface area contributed by atoms with E-state index in [0.717, 1.165) is 21.5 Å². The summed E-state index contributed by atoms with van der Waals surface area (Å²) in [6, 6.07) is 18.9. The number of halogens is 1. The molecule has 128 valence electrons. The minimum atomic E-state index is -0.112. The van der Waals surface area contributed by atoms with Crippen molar-refractivity contribution < 1.29 is 4.79 Å². The molecule has 0 bridgehead atoms. The molecule has 3 nitrogen and oxygen atoms in total. The summed E-state index contributed by atoms with van der Waals surface area (Å²) in [5, 5.41) is 1.40. The Hall–Kier alpha value is -2.69. The molecular weight excluding hydrogens is 364 g/mol. The molecule has 0 aliphatic heterocycles. The van der Waals surface area contributed by atoms with Crippen LogP contribution >= 0.6 is 22.9 Å². The summed E-state index contributed by atoms with van der Waals surface area (Å²) >= 11 is 7.22. The summed E-state index contributed by atoms with van der Waals surface area (Å²) in [4.78, 5) is 18.8. The largest absolute Gasteiger partial charge is 0.397 e. The first-order valence-electron chi connectivity index (χ1n) is 8.09. The van der Waals surface area contributed by atoms with Crippen LogP contribution in [0.25, 0.3) is 21.5 Å². The monoisotopic (exact) mass is 378 g/mol. The zero-order valence-electron chi connectivity index (χ0n) is 14.0. The number of carbonyl (C=O) groups excluding carboxylic acids is 1. The van der Waals surface area contributed by atoms with Gasteiger partial charge in [-0.25, -0.2) is 4.98 Å². The van der Waals surface area contributed by atoms with Crippen molar-refractivity contribution in [3.05, 3.63) is 81.7 Å². The van der Waals surface area contributed by atoms with Gasteiger partial charge >= 0.3 is 0 Å². The molecule has 0 saturated heterocycles. The number of carbonyl (C=O) groups is 1. The van der Waals surface area contributed by atoms with Crippen LogP contribution in [-0.2, 0) is 0 Å². The predicted octanol–water partition coefficient (Wildman–Crippen LogP) is 5.74. The molecule has 26 heavy (non-hydrogen) atoms. The van der Waals surface area contributed by atoms with Gasteiger partial charge in [0.1, 0.15) is 9.71 Å². The summed E-state index contributed by atoms with van der Waals surface area (Å²) < 4.78 is 0. The molecule has 5 heteroatoms. The normalized spacial score (nSPS) is 11.0. The molecular formula is C21H15ClN2OS. The van der Waals surface area contributed by atoms with Crippen LogP contribution in [-0.4, -0.2) is 10.8 Å². The Morgan fingerprint density at radius 1 is 1.00 bits per heavy atom. The second kappa shape index (κ2) is 6.56. The summed E-state index contributed by atoms with van der Waals surface area (Å²) in [7, 11) is 0. The summed E-state index contributed by atoms with van der Waals surface area (Å²) in [5.41, 5.74) is 10.4. The Balaban J connectivity index is 1.77. The first kappa shape index (κ1) is 16.8. The number of anilines is 1. The molecule has 0 unspecified atom stereocenters. The number of hydrogen-bond donors (Lipinski definition) is 1. The third-order valence-corrected chi connectivity index (χ3v) is 5.62. The molecule has 2 aromatic carbocycles. The van der Waals surface area contributed by atoms with E-state index in [1.165, 1.54) is 16.9 Å². The van der Waals surface area contributed by atoms with Gasteiger partial charge in [-0.15, -0.1) is 11.3 Å². The third-order valence-electron chi connectivity index (χ3n) is 4.25. The summed E-state index contributed by atoms with van der Waals surface area (Å²) in [6.07, 6.45) is 0. The van der Waals surface area contributed by atoms with Crippen molar-refractivity contribution in [2.75, 3.05) is 5.73 Å². The van der Waals surface area contributed by atoms with Gasteiger partial charge in [-0.05, 0) is 43.3 Å². The first-order chi connectivity index (χ1) is 12.5. The summed E-state index contributed by atoms with van der Waals surface area (Å²) in [6.45, 7) is 2.05. The fourth-order valence-corrected chi connectivity index (χ4v) is 3.97. The Bertz CT molecular complexity index is 1120. The van der Waals surface area contributed by atoms with E-state index in [2.05, 4.69) is 19.1 Å². The minimum Gasteiger partial charge on any atom is -0.397 e. The molecule has 2 aromatic heterocycles. The van der Waals surface area contributed by atoms with Crippen LogP contribution in [0.3, 0.4) is 0 Å². The van der Waals surface area contributed by atoms with Crippen LogP contribution in [0.4, 0.5) is 5.69 Å². The average molecular weight is 379 g/mol. The number of hydrogen-bond acceptors (Lipinski definition) is 4. The van der Waals surface area contributed by atoms with Crippen LogP contribution in [0.2, 0.25) is 5.02 Å². The van der Waals surface area contributed by atoms with E-state index < -0.39 is 0 Å². The van der Waals surface area contributed by atoms with E-state index in [1.807, 2.05) is 24.3 Å². The van der Waals surface area contributed by atoms with Gasteiger partial charge in [0, 0.05) is 21.5 Å². The lowest BCUT2D eigenvalue weighted by atomic mass is 10.1. The van der Waals surface area contributed by atoms with E-state index in [-0.39, 0.29) is 5.78 Å². The van der Waals surface area contributed by atoms with Crippen LogP contribution in [0.1, 0.15) is 20.8 Å². The van der Waals surface area contributed by atoms with Gasteiger partial charge in [0.05, 0.1) is 11.4 Å². The molecule has 0 spiro atoms. The van der Waals surface area contributed by atoms with Gasteiger partial charge in [0.25, 0.3) is 0 Å². The van der Waals surface area contributed by atoms with Crippen LogP contribution in [0.5, 0.6) is 0 Å². The fourth-order valence-electron chi connectivity index (χ4n) is 2.78. The minimum absolute atomic E-state index is 0.112. The van der Waals surface area contributed by atoms with Crippen molar-refractivity contribution in [3.63, 3.8) is 0 Å². The smallest absolute Gasteiger partial charge is 0.205 e. The number of thiophene rings is 1. The summed E-state index contributed by atoms with van der Waals surface area (Å²) in [5.74, 6) is -0.112. The maximum Gasteiger partial charge on any atom is 0.205 e. The van der Waals surface area contributed by atoms with E-state index in [1.54, 1.807) is 24.3 Å². The van der Waals surface area contributed by atoms with E-state index >= 15 is 0 Å². The second-order valence-corrected chi connectivity index (χ2v) is 7.53. The van der Waals surface area contributed by atoms with Gasteiger partial charge in [-0.1, -0.05) is 41.4 Å². The zero-order chi connectivity index (χ0) is 18.3. The number of ketones is 1. The molecule has 2 N–H and O–H groups in total. The Morgan fingerprint density at radius 2 is 1.69 bits per heavy atom. The Morgan fingerprint density at radius 3 is 2.38 bits per heavy atom. The fraction of sp³-hybridized carbons (Fsp3) is 0.0476. The van der Waals surface area contributed by atoms with Gasteiger partial charge in [0.2, 0.25) is 5.78 Å². The van der Waals surface area contributed by atoms with Crippen molar-refractivity contribution in [1.82, 2.24) is 4.98 Å². The predicted molar refractivity (Wildman–Crippen MR) is 109 cm³/mol. The molecule has 0 aliphatic rings. The lowest BCUT2D eigenvalue weighted by Crippen LogP contribution is -2.01. The van der Waals surface area contributed by atoms with E-state index in [0.29, 0.717) is 21.2 Å². The highest BCUT2D eigenvalue weighted by molar-refractivity contribution is 7.21. The maximum absolute atomic E-state index is 12.8. The number of fused-ring (bicyclic) bond motifs is 1. The number of aryl methyl sites for hydroxylation is 1. The third kappa shape index (κ3) is 2.98. The average Bonchev–Trinajstić information content (AvgIpc) is 2.98. The lowest BCUT2D eigenvalue weighted by molar-refractivity contribution is 0.104. The topological polar surface area (TPSA) is 56.0 Å². The Kier molecular flexibility index (Phi) is 4.23. The van der Waals surface area contributed by atoms with Crippen molar-refractivity contribution in [2.24, 2.45) is 0 Å². The molecule has 0 aliphatic carbocycles. The van der Waals surface area contributed by atoms with Crippen molar-refractivity contribution in [2.45, 2.75) is 6.92 Å². The molecule has 2 heterocycles. The van der Waals surface area contributed by atoms with Gasteiger partial charge in [0.15, 0.2) is 0 Å².